The summed E-state index contributed by atoms with van der Waals surface area (Å²) in [4.78, 5) is 22.8. The number of aryl methyl sites for hydroxylation is 1. The van der Waals surface area contributed by atoms with Crippen molar-refractivity contribution in [1.29, 1.82) is 0 Å². The fraction of sp³-hybridized carbons (Fsp3) is 0.467. The van der Waals surface area contributed by atoms with Crippen LogP contribution in [0.25, 0.3) is 0 Å². The van der Waals surface area contributed by atoms with Gasteiger partial charge in [-0.15, -0.1) is 0 Å². The molecular weight excluding hydrogens is 280 g/mol. The average Bonchev–Trinajstić information content (AvgIpc) is 2.45. The molecule has 0 bridgehead atoms. The Labute approximate surface area is 122 Å². The van der Waals surface area contributed by atoms with Crippen LogP contribution in [-0.2, 0) is 16.0 Å². The second-order valence-corrected chi connectivity index (χ2v) is 4.98. The summed E-state index contributed by atoms with van der Waals surface area (Å²) in [6.07, 6.45) is 0.526. The molecule has 0 saturated carbocycles. The lowest BCUT2D eigenvalue weighted by Crippen LogP contribution is -2.45. The van der Waals surface area contributed by atoms with Crippen molar-refractivity contribution < 1.29 is 23.5 Å². The van der Waals surface area contributed by atoms with Gasteiger partial charge in [0.15, 0.2) is 11.6 Å². The summed E-state index contributed by atoms with van der Waals surface area (Å²) in [7, 11) is 0. The van der Waals surface area contributed by atoms with Crippen LogP contribution in [-0.4, -0.2) is 23.0 Å². The van der Waals surface area contributed by atoms with E-state index in [1.807, 2.05) is 6.92 Å². The molecule has 0 aliphatic rings. The van der Waals surface area contributed by atoms with Crippen LogP contribution in [0.1, 0.15) is 32.3 Å². The van der Waals surface area contributed by atoms with Gasteiger partial charge in [0.2, 0.25) is 5.91 Å². The molecule has 1 amide bonds. The van der Waals surface area contributed by atoms with Gasteiger partial charge in [0.25, 0.3) is 0 Å². The summed E-state index contributed by atoms with van der Waals surface area (Å²) in [5.74, 6) is -3.74. The third-order valence-electron chi connectivity index (χ3n) is 3.45. The van der Waals surface area contributed by atoms with Crippen LogP contribution in [0.4, 0.5) is 8.78 Å². The third kappa shape index (κ3) is 4.81. The Kier molecular flexibility index (Phi) is 6.27. The van der Waals surface area contributed by atoms with Crippen LogP contribution in [0, 0.1) is 17.6 Å². The van der Waals surface area contributed by atoms with E-state index in [-0.39, 0.29) is 24.3 Å². The minimum Gasteiger partial charge on any atom is -0.480 e. The van der Waals surface area contributed by atoms with E-state index in [1.54, 1.807) is 6.92 Å². The molecule has 0 fully saturated rings. The Balaban J connectivity index is 2.61. The van der Waals surface area contributed by atoms with Crippen molar-refractivity contribution in [2.45, 2.75) is 39.2 Å². The molecule has 0 saturated heterocycles. The van der Waals surface area contributed by atoms with E-state index in [9.17, 15) is 18.4 Å². The summed E-state index contributed by atoms with van der Waals surface area (Å²) >= 11 is 0. The number of carboxylic acid groups (broad SMARTS) is 1. The molecule has 1 rings (SSSR count). The van der Waals surface area contributed by atoms with E-state index in [1.165, 1.54) is 12.1 Å². The zero-order valence-corrected chi connectivity index (χ0v) is 12.0. The number of amides is 1. The van der Waals surface area contributed by atoms with Gasteiger partial charge >= 0.3 is 5.97 Å². The first-order chi connectivity index (χ1) is 9.86. The summed E-state index contributed by atoms with van der Waals surface area (Å²) in [6, 6.07) is 2.79. The molecule has 2 atom stereocenters. The molecule has 0 aliphatic carbocycles. The molecule has 2 N–H and O–H groups in total. The second-order valence-electron chi connectivity index (χ2n) is 4.98. The van der Waals surface area contributed by atoms with Gasteiger partial charge in [-0.1, -0.05) is 32.4 Å². The topological polar surface area (TPSA) is 66.4 Å². The quantitative estimate of drug-likeness (QED) is 0.813. The van der Waals surface area contributed by atoms with Crippen molar-refractivity contribution in [3.8, 4) is 0 Å². The first-order valence-electron chi connectivity index (χ1n) is 6.81. The highest BCUT2D eigenvalue weighted by atomic mass is 19.2. The van der Waals surface area contributed by atoms with Crippen molar-refractivity contribution in [1.82, 2.24) is 5.32 Å². The molecule has 0 aliphatic heterocycles. The van der Waals surface area contributed by atoms with E-state index >= 15 is 0 Å². The van der Waals surface area contributed by atoms with Crippen LogP contribution in [0.15, 0.2) is 18.2 Å². The van der Waals surface area contributed by atoms with E-state index in [0.29, 0.717) is 6.42 Å². The number of hydrogen-bond donors (Lipinski definition) is 2. The van der Waals surface area contributed by atoms with Crippen molar-refractivity contribution in [3.63, 3.8) is 0 Å². The monoisotopic (exact) mass is 299 g/mol. The molecule has 1 aromatic carbocycles. The third-order valence-corrected chi connectivity index (χ3v) is 3.45. The van der Waals surface area contributed by atoms with Crippen LogP contribution in [0.2, 0.25) is 0 Å². The smallest absolute Gasteiger partial charge is 0.326 e. The van der Waals surface area contributed by atoms with Crippen molar-refractivity contribution in [2.75, 3.05) is 0 Å². The van der Waals surface area contributed by atoms with Crippen molar-refractivity contribution >= 4 is 11.9 Å². The van der Waals surface area contributed by atoms with E-state index in [0.717, 1.165) is 6.07 Å². The molecule has 0 aromatic heterocycles. The second kappa shape index (κ2) is 7.71. The Morgan fingerprint density at radius 2 is 2.00 bits per heavy atom. The maximum absolute atomic E-state index is 13.4. The molecule has 0 radical (unpaired) electrons. The van der Waals surface area contributed by atoms with E-state index < -0.39 is 29.6 Å². The first kappa shape index (κ1) is 17.1. The number of benzene rings is 1. The number of carbonyl (C=O) groups excluding carboxylic acids is 1. The summed E-state index contributed by atoms with van der Waals surface area (Å²) in [5, 5.41) is 11.5. The summed E-state index contributed by atoms with van der Waals surface area (Å²) < 4.78 is 26.4. The summed E-state index contributed by atoms with van der Waals surface area (Å²) in [6.45, 7) is 3.56. The number of carboxylic acids is 1. The molecule has 21 heavy (non-hydrogen) atoms. The van der Waals surface area contributed by atoms with Gasteiger partial charge in [0.05, 0.1) is 0 Å². The highest BCUT2D eigenvalue weighted by Crippen LogP contribution is 2.13. The Hall–Kier alpha value is -1.98. The first-order valence-corrected chi connectivity index (χ1v) is 6.81. The fourth-order valence-electron chi connectivity index (χ4n) is 1.92. The molecule has 116 valence electrons. The number of hydrogen-bond acceptors (Lipinski definition) is 2. The van der Waals surface area contributed by atoms with E-state index in [2.05, 4.69) is 5.32 Å². The highest BCUT2D eigenvalue weighted by Gasteiger charge is 2.25. The fourth-order valence-corrected chi connectivity index (χ4v) is 1.92. The number of halogens is 2. The lowest BCUT2D eigenvalue weighted by molar-refractivity contribution is -0.143. The van der Waals surface area contributed by atoms with Gasteiger partial charge in [-0.3, -0.25) is 4.79 Å². The SMILES string of the molecule is CC[C@H](C)[C@H](NC(=O)CCc1cccc(F)c1F)C(=O)O. The van der Waals surface area contributed by atoms with Gasteiger partial charge < -0.3 is 10.4 Å². The Bertz CT molecular complexity index is 520. The minimum atomic E-state index is -1.10. The van der Waals surface area contributed by atoms with Crippen LogP contribution in [0.3, 0.4) is 0 Å². The zero-order chi connectivity index (χ0) is 16.0. The Morgan fingerprint density at radius 3 is 2.57 bits per heavy atom. The van der Waals surface area contributed by atoms with Gasteiger partial charge in [0.1, 0.15) is 6.04 Å². The molecule has 6 heteroatoms. The molecule has 4 nitrogen and oxygen atoms in total. The van der Waals surface area contributed by atoms with Gasteiger partial charge in [-0.2, -0.15) is 0 Å². The number of rotatable bonds is 7. The van der Waals surface area contributed by atoms with Crippen LogP contribution in [0.5, 0.6) is 0 Å². The lowest BCUT2D eigenvalue weighted by Gasteiger charge is -2.20. The van der Waals surface area contributed by atoms with Gasteiger partial charge in [-0.25, -0.2) is 13.6 Å². The number of carbonyl (C=O) groups is 2. The average molecular weight is 299 g/mol. The number of aliphatic carboxylic acids is 1. The molecule has 0 spiro atoms. The largest absolute Gasteiger partial charge is 0.480 e. The van der Waals surface area contributed by atoms with Crippen molar-refractivity contribution in [2.24, 2.45) is 5.92 Å². The normalized spacial score (nSPS) is 13.5. The van der Waals surface area contributed by atoms with Crippen LogP contribution >= 0.6 is 0 Å². The standard InChI is InChI=1S/C15H19F2NO3/c1-3-9(2)14(15(20)21)18-12(19)8-7-10-5-4-6-11(16)13(10)17/h4-6,9,14H,3,7-8H2,1-2H3,(H,18,19)(H,20,21)/t9-,14-/m0/s1. The molecule has 0 unspecified atom stereocenters. The van der Waals surface area contributed by atoms with E-state index in [4.69, 9.17) is 5.11 Å². The maximum atomic E-state index is 13.4. The lowest BCUT2D eigenvalue weighted by atomic mass is 9.99. The highest BCUT2D eigenvalue weighted by molar-refractivity contribution is 5.83. The van der Waals surface area contributed by atoms with Gasteiger partial charge in [0, 0.05) is 6.42 Å². The Morgan fingerprint density at radius 1 is 1.33 bits per heavy atom. The zero-order valence-electron chi connectivity index (χ0n) is 12.0. The van der Waals surface area contributed by atoms with Gasteiger partial charge in [-0.05, 0) is 24.0 Å². The number of nitrogens with one attached hydrogen (secondary N) is 1. The maximum Gasteiger partial charge on any atom is 0.326 e. The molecule has 1 aromatic rings. The van der Waals surface area contributed by atoms with Crippen LogP contribution < -0.4 is 5.32 Å². The summed E-state index contributed by atoms with van der Waals surface area (Å²) in [5.41, 5.74) is 0.0977. The predicted molar refractivity (Wildman–Crippen MR) is 73.7 cm³/mol. The predicted octanol–water partition coefficient (Wildman–Crippen LogP) is 2.51. The van der Waals surface area contributed by atoms with Crippen molar-refractivity contribution in [3.05, 3.63) is 35.4 Å². The minimum absolute atomic E-state index is 0.0161. The molecular formula is C15H19F2NO3. The molecule has 0 heterocycles.